The Labute approximate surface area is 251 Å². The van der Waals surface area contributed by atoms with Gasteiger partial charge in [-0.05, 0) is 88.9 Å². The summed E-state index contributed by atoms with van der Waals surface area (Å²) in [7, 11) is 0. The summed E-state index contributed by atoms with van der Waals surface area (Å²) in [6.07, 6.45) is 7.28. The number of aromatic nitrogens is 4. The van der Waals surface area contributed by atoms with E-state index in [2.05, 4.69) is 56.4 Å². The summed E-state index contributed by atoms with van der Waals surface area (Å²) in [6.45, 7) is 11.1. The van der Waals surface area contributed by atoms with E-state index in [4.69, 9.17) is 14.5 Å². The first-order valence-corrected chi connectivity index (χ1v) is 15.3. The number of amides is 1. The molecule has 3 N–H and O–H groups in total. The minimum absolute atomic E-state index is 0.122. The van der Waals surface area contributed by atoms with Crippen molar-refractivity contribution in [2.75, 3.05) is 24.5 Å². The Morgan fingerprint density at radius 3 is 2.74 bits per heavy atom. The summed E-state index contributed by atoms with van der Waals surface area (Å²) in [6, 6.07) is 10.5. The predicted molar refractivity (Wildman–Crippen MR) is 166 cm³/mol. The predicted octanol–water partition coefficient (Wildman–Crippen LogP) is 6.84. The number of carbonyl (C=O) groups is 1. The Morgan fingerprint density at radius 2 is 1.91 bits per heavy atom. The van der Waals surface area contributed by atoms with Gasteiger partial charge in [-0.2, -0.15) is 0 Å². The molecular formula is C33H39N7O3. The summed E-state index contributed by atoms with van der Waals surface area (Å²) in [5, 5.41) is 3.40. The van der Waals surface area contributed by atoms with Gasteiger partial charge in [-0.3, -0.25) is 4.90 Å². The van der Waals surface area contributed by atoms with E-state index in [1.165, 1.54) is 5.56 Å². The van der Waals surface area contributed by atoms with Gasteiger partial charge in [0.15, 0.2) is 11.5 Å². The Balaban J connectivity index is 1.12. The minimum atomic E-state index is -0.535. The van der Waals surface area contributed by atoms with Crippen molar-refractivity contribution in [3.8, 4) is 34.0 Å². The molecule has 3 aliphatic rings. The Kier molecular flexibility index (Phi) is 6.88. The smallest absolute Gasteiger partial charge is 0.410 e. The van der Waals surface area contributed by atoms with Crippen LogP contribution in [0.25, 0.3) is 22.5 Å². The molecule has 224 valence electrons. The first kappa shape index (κ1) is 27.5. The monoisotopic (exact) mass is 581 g/mol. The van der Waals surface area contributed by atoms with Crippen molar-refractivity contribution in [2.45, 2.75) is 71.6 Å². The molecule has 5 heterocycles. The van der Waals surface area contributed by atoms with Gasteiger partial charge in [0.05, 0.1) is 47.7 Å². The van der Waals surface area contributed by atoms with Crippen LogP contribution < -0.4 is 15.0 Å². The molecule has 2 aromatic carbocycles. The highest BCUT2D eigenvalue weighted by Gasteiger charge is 2.36. The fourth-order valence-electron chi connectivity index (χ4n) is 6.31. The molecule has 7 rings (SSSR count). The normalized spacial score (nSPS) is 17.2. The zero-order chi connectivity index (χ0) is 29.7. The fourth-order valence-corrected chi connectivity index (χ4v) is 6.31. The van der Waals surface area contributed by atoms with Crippen LogP contribution in [-0.2, 0) is 17.7 Å². The molecular weight excluding hydrogens is 542 g/mol. The van der Waals surface area contributed by atoms with Gasteiger partial charge in [0, 0.05) is 24.2 Å². The van der Waals surface area contributed by atoms with Crippen molar-refractivity contribution < 1.29 is 14.3 Å². The van der Waals surface area contributed by atoms with Crippen LogP contribution >= 0.6 is 0 Å². The highest BCUT2D eigenvalue weighted by atomic mass is 16.6. The topological polar surface area (TPSA) is 111 Å². The van der Waals surface area contributed by atoms with Crippen molar-refractivity contribution in [1.29, 1.82) is 0 Å². The van der Waals surface area contributed by atoms with Crippen LogP contribution in [0.1, 0.15) is 70.2 Å². The molecule has 4 aromatic rings. The zero-order valence-corrected chi connectivity index (χ0v) is 25.3. The maximum absolute atomic E-state index is 12.9. The number of ether oxygens (including phenoxy) is 2. The van der Waals surface area contributed by atoms with Crippen molar-refractivity contribution >= 4 is 17.5 Å². The first-order valence-electron chi connectivity index (χ1n) is 15.3. The lowest BCUT2D eigenvalue weighted by Gasteiger charge is -2.30. The molecule has 10 nitrogen and oxygen atoms in total. The lowest BCUT2D eigenvalue weighted by atomic mass is 10.0. The Hall–Kier alpha value is -4.31. The second kappa shape index (κ2) is 10.8. The zero-order valence-electron chi connectivity index (χ0n) is 25.3. The van der Waals surface area contributed by atoms with Gasteiger partial charge in [-0.25, -0.2) is 14.8 Å². The maximum Gasteiger partial charge on any atom is 0.410 e. The average molecular weight is 582 g/mol. The number of H-pyrrole nitrogens is 2. The van der Waals surface area contributed by atoms with Gasteiger partial charge >= 0.3 is 6.09 Å². The lowest BCUT2D eigenvalue weighted by Crippen LogP contribution is -2.36. The standard InChI is InChI=1S/C33H39N7O3/c1-5-11-34-19-29-35-17-23(37-29)20-8-9-27-26(15-20)39-13-10-21-14-22(16-28(42-27)30(21)39)24-18-36-31(38-24)25-7-6-12-40(25)32(41)43-33(2,3)4/h8-9,14-18,25,34H,5-7,10-13,19H2,1-4H3,(H,35,37)(H,36,38). The van der Waals surface area contributed by atoms with E-state index < -0.39 is 5.60 Å². The van der Waals surface area contributed by atoms with Gasteiger partial charge < -0.3 is 29.7 Å². The summed E-state index contributed by atoms with van der Waals surface area (Å²) < 4.78 is 12.2. The molecule has 10 heteroatoms. The molecule has 0 spiro atoms. The molecule has 43 heavy (non-hydrogen) atoms. The fraction of sp³-hybridized carbons (Fsp3) is 0.424. The number of hydrogen-bond donors (Lipinski definition) is 3. The van der Waals surface area contributed by atoms with Gasteiger partial charge in [-0.15, -0.1) is 0 Å². The molecule has 0 aliphatic carbocycles. The van der Waals surface area contributed by atoms with Crippen LogP contribution in [-0.4, -0.2) is 56.2 Å². The Morgan fingerprint density at radius 1 is 1.07 bits per heavy atom. The SMILES string of the molecule is CCCNCc1ncc(-c2ccc3c(c2)N2CCc4cc(-c5cnc(C6CCCN6C(=O)OC(C)(C)C)[nH]5)cc(c42)O3)[nH]1. The lowest BCUT2D eigenvalue weighted by molar-refractivity contribution is 0.0218. The largest absolute Gasteiger partial charge is 0.453 e. The third kappa shape index (κ3) is 5.24. The third-order valence-electron chi connectivity index (χ3n) is 8.26. The van der Waals surface area contributed by atoms with Crippen LogP contribution in [0.15, 0.2) is 42.7 Å². The number of hydrogen-bond acceptors (Lipinski definition) is 7. The first-order chi connectivity index (χ1) is 20.8. The third-order valence-corrected chi connectivity index (χ3v) is 8.26. The van der Waals surface area contributed by atoms with Crippen molar-refractivity contribution in [1.82, 2.24) is 30.2 Å². The Bertz CT molecular complexity index is 1670. The van der Waals surface area contributed by atoms with E-state index in [-0.39, 0.29) is 12.1 Å². The van der Waals surface area contributed by atoms with Crippen LogP contribution in [0.4, 0.5) is 16.2 Å². The summed E-state index contributed by atoms with van der Waals surface area (Å²) in [5.41, 5.74) is 6.95. The molecule has 1 amide bonds. The van der Waals surface area contributed by atoms with Crippen molar-refractivity contribution in [3.05, 3.63) is 59.9 Å². The number of nitrogens with one attached hydrogen (secondary N) is 3. The van der Waals surface area contributed by atoms with Gasteiger partial charge in [0.2, 0.25) is 0 Å². The molecule has 1 atom stereocenters. The summed E-state index contributed by atoms with van der Waals surface area (Å²) in [5.74, 6) is 3.42. The number of carbonyl (C=O) groups excluding carboxylic acids is 1. The number of anilines is 2. The number of nitrogens with zero attached hydrogens (tertiary/aromatic N) is 4. The number of rotatable bonds is 7. The van der Waals surface area contributed by atoms with E-state index in [0.29, 0.717) is 6.54 Å². The number of benzene rings is 2. The van der Waals surface area contributed by atoms with Crippen LogP contribution in [0.2, 0.25) is 0 Å². The van der Waals surface area contributed by atoms with E-state index in [9.17, 15) is 4.79 Å². The van der Waals surface area contributed by atoms with Crippen molar-refractivity contribution in [2.24, 2.45) is 0 Å². The van der Waals surface area contributed by atoms with Gasteiger partial charge in [-0.1, -0.05) is 6.92 Å². The summed E-state index contributed by atoms with van der Waals surface area (Å²) in [4.78, 5) is 33.2. The highest BCUT2D eigenvalue weighted by molar-refractivity contribution is 5.87. The number of likely N-dealkylation sites (tertiary alicyclic amines) is 1. The average Bonchev–Trinajstić information content (AvgIpc) is 3.78. The minimum Gasteiger partial charge on any atom is -0.453 e. The van der Waals surface area contributed by atoms with Crippen LogP contribution in [0.5, 0.6) is 11.5 Å². The molecule has 1 fully saturated rings. The number of aromatic amines is 2. The van der Waals surface area contributed by atoms with Crippen LogP contribution in [0, 0.1) is 0 Å². The second-order valence-electron chi connectivity index (χ2n) is 12.6. The van der Waals surface area contributed by atoms with E-state index >= 15 is 0 Å². The van der Waals surface area contributed by atoms with E-state index in [1.807, 2.05) is 39.2 Å². The van der Waals surface area contributed by atoms with E-state index in [0.717, 1.165) is 102 Å². The molecule has 2 aromatic heterocycles. The van der Waals surface area contributed by atoms with Gasteiger partial charge in [0.1, 0.15) is 17.2 Å². The second-order valence-corrected chi connectivity index (χ2v) is 12.6. The molecule has 1 unspecified atom stereocenters. The summed E-state index contributed by atoms with van der Waals surface area (Å²) >= 11 is 0. The quantitative estimate of drug-likeness (QED) is 0.205. The van der Waals surface area contributed by atoms with Crippen molar-refractivity contribution in [3.63, 3.8) is 0 Å². The molecule has 3 aliphatic heterocycles. The molecule has 0 bridgehead atoms. The number of imidazole rings is 2. The van der Waals surface area contributed by atoms with Gasteiger partial charge in [0.25, 0.3) is 0 Å². The molecule has 1 saturated heterocycles. The highest BCUT2D eigenvalue weighted by Crippen LogP contribution is 2.53. The molecule has 0 saturated carbocycles. The van der Waals surface area contributed by atoms with E-state index in [1.54, 1.807) is 4.90 Å². The number of fused-ring (bicyclic) bond motifs is 2. The van der Waals surface area contributed by atoms with Crippen LogP contribution in [0.3, 0.4) is 0 Å². The molecule has 0 radical (unpaired) electrons. The maximum atomic E-state index is 12.9.